The third kappa shape index (κ3) is 3.44. The molecule has 1 radical (unpaired) electrons. The van der Waals surface area contributed by atoms with Crippen LogP contribution in [0.2, 0.25) is 0 Å². The molecule has 0 amide bonds. The largest absolute Gasteiger partial charge is 0.457 e. The zero-order valence-electron chi connectivity index (χ0n) is 14.5. The molecule has 2 aromatic rings. The summed E-state index contributed by atoms with van der Waals surface area (Å²) in [5.41, 5.74) is -12.6. The Bertz CT molecular complexity index is 904. The highest BCUT2D eigenvalue weighted by Gasteiger charge is 2.82. The number of rotatable bonds is 3. The number of benzene rings is 2. The predicted octanol–water partition coefficient (Wildman–Crippen LogP) is 6.97. The normalized spacial score (nSPS) is 15.3. The van der Waals surface area contributed by atoms with Crippen molar-refractivity contribution in [3.05, 3.63) is 58.7 Å². The van der Waals surface area contributed by atoms with Gasteiger partial charge < -0.3 is 0 Å². The van der Waals surface area contributed by atoms with E-state index in [4.69, 9.17) is 0 Å². The van der Waals surface area contributed by atoms with Crippen LogP contribution in [0.3, 0.4) is 0 Å². The summed E-state index contributed by atoms with van der Waals surface area (Å²) in [5, 5.41) is 0. The maximum absolute atomic E-state index is 15.0. The number of hydrogen-bond donors (Lipinski definition) is 0. The summed E-state index contributed by atoms with van der Waals surface area (Å²) in [4.78, 5) is 0. The Hall–Kier alpha value is -2.33. The molecule has 11 heteroatoms. The van der Waals surface area contributed by atoms with Crippen LogP contribution in [-0.2, 0) is 5.67 Å². The van der Waals surface area contributed by atoms with Gasteiger partial charge in [-0.25, -0.2) is 13.2 Å². The highest BCUT2D eigenvalue weighted by atomic mass is 19.4. The molecule has 0 spiro atoms. The monoisotopic (exact) mass is 435 g/mol. The van der Waals surface area contributed by atoms with E-state index in [1.54, 1.807) is 0 Å². The van der Waals surface area contributed by atoms with Crippen molar-refractivity contribution < 1.29 is 48.3 Å². The molecule has 0 aliphatic rings. The average molecular weight is 435 g/mol. The van der Waals surface area contributed by atoms with Crippen LogP contribution >= 0.6 is 0 Å². The molecular weight excluding hydrogens is 425 g/mol. The number of halogens is 11. The quantitative estimate of drug-likeness (QED) is 0.457. The minimum atomic E-state index is -6.98. The molecule has 0 bridgehead atoms. The summed E-state index contributed by atoms with van der Waals surface area (Å²) in [7, 11) is 0. The lowest BCUT2D eigenvalue weighted by molar-refractivity contribution is -0.389. The topological polar surface area (TPSA) is 0 Å². The summed E-state index contributed by atoms with van der Waals surface area (Å²) < 4.78 is 150. The molecule has 0 aliphatic heterocycles. The molecule has 1 atom stereocenters. The number of hydrogen-bond acceptors (Lipinski definition) is 0. The first-order valence-electron chi connectivity index (χ1n) is 7.65. The standard InChI is InChI=1S/C18H10F11/c1-8-6-9(2)13(14-11(19)4-3-5-12(14)20)10(7-8)15(21,17(24,25)26)16(22,23)18(27,28)29/h3-5,7H,1-2H3. The summed E-state index contributed by atoms with van der Waals surface area (Å²) >= 11 is 0. The second kappa shape index (κ2) is 6.88. The van der Waals surface area contributed by atoms with Gasteiger partial charge in [0.05, 0.1) is 5.56 Å². The SMILES string of the molecule is Cc1[c]c(C)c(-c2c(F)cccc2F)c(C(F)(C(F)(F)F)C(F)(F)C(F)(F)F)c1. The molecular formula is C18H10F11. The molecule has 0 aromatic heterocycles. The number of aryl methyl sites for hydroxylation is 2. The smallest absolute Gasteiger partial charge is 0.221 e. The minimum Gasteiger partial charge on any atom is -0.221 e. The third-order valence-corrected chi connectivity index (χ3v) is 4.15. The van der Waals surface area contributed by atoms with Gasteiger partial charge in [-0.15, -0.1) is 0 Å². The van der Waals surface area contributed by atoms with Crippen LogP contribution in [0, 0.1) is 31.5 Å². The van der Waals surface area contributed by atoms with Gasteiger partial charge in [-0.1, -0.05) is 12.1 Å². The maximum Gasteiger partial charge on any atom is 0.457 e. The van der Waals surface area contributed by atoms with Crippen molar-refractivity contribution in [2.24, 2.45) is 0 Å². The van der Waals surface area contributed by atoms with Crippen molar-refractivity contribution in [3.63, 3.8) is 0 Å². The molecule has 159 valence electrons. The van der Waals surface area contributed by atoms with E-state index in [2.05, 4.69) is 6.07 Å². The van der Waals surface area contributed by atoms with Crippen LogP contribution < -0.4 is 0 Å². The average Bonchev–Trinajstić information content (AvgIpc) is 2.52. The van der Waals surface area contributed by atoms with E-state index >= 15 is 4.39 Å². The lowest BCUT2D eigenvalue weighted by Gasteiger charge is -2.37. The van der Waals surface area contributed by atoms with E-state index < -0.39 is 63.4 Å². The van der Waals surface area contributed by atoms with Crippen molar-refractivity contribution in [3.8, 4) is 11.1 Å². The van der Waals surface area contributed by atoms with Crippen molar-refractivity contribution in [1.82, 2.24) is 0 Å². The first-order valence-corrected chi connectivity index (χ1v) is 7.65. The molecule has 0 aliphatic carbocycles. The van der Waals surface area contributed by atoms with Crippen LogP contribution in [0.1, 0.15) is 16.7 Å². The zero-order valence-corrected chi connectivity index (χ0v) is 14.5. The molecule has 0 fully saturated rings. The Kier molecular flexibility index (Phi) is 5.44. The molecule has 0 saturated carbocycles. The first-order chi connectivity index (χ1) is 13.0. The van der Waals surface area contributed by atoms with Gasteiger partial charge in [-0.3, -0.25) is 0 Å². The maximum atomic E-state index is 15.0. The van der Waals surface area contributed by atoms with Crippen molar-refractivity contribution in [2.45, 2.75) is 37.8 Å². The molecule has 0 nitrogen and oxygen atoms in total. The van der Waals surface area contributed by atoms with Crippen molar-refractivity contribution in [1.29, 1.82) is 0 Å². The van der Waals surface area contributed by atoms with Crippen LogP contribution in [0.4, 0.5) is 48.3 Å². The van der Waals surface area contributed by atoms with Crippen LogP contribution in [-0.4, -0.2) is 18.3 Å². The van der Waals surface area contributed by atoms with Gasteiger partial charge in [0.2, 0.25) is 0 Å². The molecule has 2 rings (SSSR count). The Morgan fingerprint density at radius 2 is 1.21 bits per heavy atom. The summed E-state index contributed by atoms with van der Waals surface area (Å²) in [6.07, 6.45) is -13.8. The highest BCUT2D eigenvalue weighted by Crippen LogP contribution is 2.60. The van der Waals surface area contributed by atoms with Gasteiger partial charge in [0.15, 0.2) is 0 Å². The molecule has 29 heavy (non-hydrogen) atoms. The van der Waals surface area contributed by atoms with Crippen LogP contribution in [0.5, 0.6) is 0 Å². The molecule has 0 N–H and O–H groups in total. The van der Waals surface area contributed by atoms with E-state index in [0.717, 1.165) is 19.9 Å². The van der Waals surface area contributed by atoms with E-state index in [0.29, 0.717) is 12.1 Å². The predicted molar refractivity (Wildman–Crippen MR) is 79.9 cm³/mol. The summed E-state index contributed by atoms with van der Waals surface area (Å²) in [6, 6.07) is 4.09. The van der Waals surface area contributed by atoms with Crippen molar-refractivity contribution >= 4 is 0 Å². The van der Waals surface area contributed by atoms with Crippen LogP contribution in [0.15, 0.2) is 24.3 Å². The highest BCUT2D eigenvalue weighted by molar-refractivity contribution is 5.74. The Balaban J connectivity index is 3.10. The van der Waals surface area contributed by atoms with E-state index in [-0.39, 0.29) is 6.07 Å². The number of alkyl halides is 9. The Labute approximate surface area is 156 Å². The van der Waals surface area contributed by atoms with Gasteiger partial charge in [0, 0.05) is 5.56 Å². The Morgan fingerprint density at radius 3 is 1.62 bits per heavy atom. The minimum absolute atomic E-state index is 0.0152. The van der Waals surface area contributed by atoms with Crippen LogP contribution in [0.25, 0.3) is 11.1 Å². The summed E-state index contributed by atoms with van der Waals surface area (Å²) in [5.74, 6) is -10.2. The third-order valence-electron chi connectivity index (χ3n) is 4.15. The molecule has 0 heterocycles. The van der Waals surface area contributed by atoms with E-state index in [9.17, 15) is 43.9 Å². The Morgan fingerprint density at radius 1 is 0.724 bits per heavy atom. The zero-order chi connectivity index (χ0) is 22.6. The fourth-order valence-corrected chi connectivity index (χ4v) is 2.91. The second-order valence-corrected chi connectivity index (χ2v) is 6.19. The first kappa shape index (κ1) is 23.0. The molecule has 1 unspecified atom stereocenters. The van der Waals surface area contributed by atoms with Gasteiger partial charge in [0.1, 0.15) is 11.6 Å². The van der Waals surface area contributed by atoms with Gasteiger partial charge >= 0.3 is 23.9 Å². The molecule has 2 aromatic carbocycles. The fourth-order valence-electron chi connectivity index (χ4n) is 2.91. The van der Waals surface area contributed by atoms with Crippen molar-refractivity contribution in [2.75, 3.05) is 0 Å². The lowest BCUT2D eigenvalue weighted by atomic mass is 9.80. The van der Waals surface area contributed by atoms with Gasteiger partial charge in [-0.05, 0) is 48.7 Å². The summed E-state index contributed by atoms with van der Waals surface area (Å²) in [6.45, 7) is 1.79. The van der Waals surface area contributed by atoms with E-state index in [1.165, 1.54) is 0 Å². The van der Waals surface area contributed by atoms with E-state index in [1.807, 2.05) is 0 Å². The second-order valence-electron chi connectivity index (χ2n) is 6.19. The molecule has 0 saturated heterocycles. The fraction of sp³-hybridized carbons (Fsp3) is 0.333. The van der Waals surface area contributed by atoms with Gasteiger partial charge in [0.25, 0.3) is 0 Å². The lowest BCUT2D eigenvalue weighted by Crippen LogP contribution is -2.60. The van der Waals surface area contributed by atoms with Gasteiger partial charge in [-0.2, -0.15) is 35.1 Å².